The molecule has 10 heteroatoms. The number of hydrogen-bond acceptors (Lipinski definition) is 8. The Labute approximate surface area is 200 Å². The van der Waals surface area contributed by atoms with Gasteiger partial charge in [-0.1, -0.05) is 61.9 Å². The first-order valence-corrected chi connectivity index (χ1v) is 11.3. The zero-order valence-electron chi connectivity index (χ0n) is 19.0. The molecule has 10 nitrogen and oxygen atoms in total. The first-order chi connectivity index (χ1) is 17.2. The first kappa shape index (κ1) is 22.2. The number of tetrazole rings is 1. The molecular formula is C25H22N8O2. The predicted molar refractivity (Wildman–Crippen MR) is 129 cm³/mol. The summed E-state index contributed by atoms with van der Waals surface area (Å²) in [7, 11) is 0. The lowest BCUT2D eigenvalue weighted by atomic mass is 9.98. The summed E-state index contributed by atoms with van der Waals surface area (Å²) >= 11 is 0. The van der Waals surface area contributed by atoms with Gasteiger partial charge in [0.15, 0.2) is 29.8 Å². The minimum atomic E-state index is 0.135. The van der Waals surface area contributed by atoms with Crippen molar-refractivity contribution in [3.8, 4) is 22.5 Å². The van der Waals surface area contributed by atoms with Crippen LogP contribution in [0.3, 0.4) is 0 Å². The third kappa shape index (κ3) is 4.21. The molecule has 0 aliphatic heterocycles. The summed E-state index contributed by atoms with van der Waals surface area (Å²) in [5, 5.41) is 22.1. The summed E-state index contributed by atoms with van der Waals surface area (Å²) in [6.07, 6.45) is 3.93. The molecule has 0 amide bonds. The van der Waals surface area contributed by atoms with E-state index in [-0.39, 0.29) is 11.4 Å². The highest BCUT2D eigenvalue weighted by Crippen LogP contribution is 2.30. The number of hydrogen-bond donors (Lipinski definition) is 1. The summed E-state index contributed by atoms with van der Waals surface area (Å²) in [6.45, 7) is 2.59. The Kier molecular flexibility index (Phi) is 6.16. The molecule has 0 fully saturated rings. The molecule has 2 aromatic carbocycles. The molecule has 1 N–H and O–H groups in total. The van der Waals surface area contributed by atoms with Crippen LogP contribution in [0.25, 0.3) is 33.5 Å². The molecule has 0 spiro atoms. The molecule has 3 aromatic heterocycles. The second-order valence-corrected chi connectivity index (χ2v) is 8.11. The summed E-state index contributed by atoms with van der Waals surface area (Å²) < 4.78 is 1.97. The zero-order valence-corrected chi connectivity index (χ0v) is 19.0. The van der Waals surface area contributed by atoms with E-state index >= 15 is 0 Å². The van der Waals surface area contributed by atoms with Crippen molar-refractivity contribution in [2.24, 2.45) is 0 Å². The van der Waals surface area contributed by atoms with Gasteiger partial charge in [-0.15, -0.1) is 15.3 Å². The van der Waals surface area contributed by atoms with Gasteiger partial charge in [-0.25, -0.2) is 10.1 Å². The standard InChI is InChI=1S/C25H22N8O2/c1-2-3-8-22-26-23-20(14-34)27-28-21(15-35)24(23)33(22)13-16-9-11-17(12-10-16)18-6-4-5-7-19(18)25-29-31-32-30-25/h4-7,9-12,14-15H,2-3,8,13H2,1H3,(H,29,30,31,32). The molecule has 0 aliphatic carbocycles. The van der Waals surface area contributed by atoms with Crippen LogP contribution in [0.5, 0.6) is 0 Å². The monoisotopic (exact) mass is 466 g/mol. The smallest absolute Gasteiger partial charge is 0.180 e. The molecule has 5 aromatic rings. The van der Waals surface area contributed by atoms with E-state index in [4.69, 9.17) is 0 Å². The van der Waals surface area contributed by atoms with E-state index in [1.807, 2.05) is 53.1 Å². The summed E-state index contributed by atoms with van der Waals surface area (Å²) in [5.41, 5.74) is 5.20. The number of benzene rings is 2. The molecule has 0 saturated carbocycles. The second-order valence-electron chi connectivity index (χ2n) is 8.11. The van der Waals surface area contributed by atoms with Crippen LogP contribution in [0.4, 0.5) is 0 Å². The van der Waals surface area contributed by atoms with E-state index in [2.05, 4.69) is 42.7 Å². The van der Waals surface area contributed by atoms with Crippen LogP contribution in [-0.4, -0.2) is 52.9 Å². The maximum absolute atomic E-state index is 11.7. The number of aromatic amines is 1. The van der Waals surface area contributed by atoms with Crippen LogP contribution in [-0.2, 0) is 13.0 Å². The molecule has 3 heterocycles. The number of fused-ring (bicyclic) bond motifs is 1. The van der Waals surface area contributed by atoms with E-state index in [9.17, 15) is 9.59 Å². The minimum absolute atomic E-state index is 0.135. The van der Waals surface area contributed by atoms with Gasteiger partial charge in [0.05, 0.1) is 0 Å². The van der Waals surface area contributed by atoms with Crippen LogP contribution >= 0.6 is 0 Å². The van der Waals surface area contributed by atoms with Crippen LogP contribution in [0.15, 0.2) is 48.5 Å². The van der Waals surface area contributed by atoms with Crippen molar-refractivity contribution in [2.45, 2.75) is 32.7 Å². The molecule has 35 heavy (non-hydrogen) atoms. The second kappa shape index (κ2) is 9.72. The van der Waals surface area contributed by atoms with Crippen LogP contribution in [0, 0.1) is 0 Å². The Morgan fingerprint density at radius 2 is 1.66 bits per heavy atom. The number of H-pyrrole nitrogens is 1. The first-order valence-electron chi connectivity index (χ1n) is 11.3. The van der Waals surface area contributed by atoms with Crippen molar-refractivity contribution in [1.82, 2.24) is 40.4 Å². The third-order valence-corrected chi connectivity index (χ3v) is 5.91. The topological polar surface area (TPSA) is 132 Å². The fraction of sp³-hybridized carbons (Fsp3) is 0.200. The summed E-state index contributed by atoms with van der Waals surface area (Å²) in [6, 6.07) is 16.1. The Hall–Kier alpha value is -4.60. The summed E-state index contributed by atoms with van der Waals surface area (Å²) in [4.78, 5) is 28.0. The van der Waals surface area contributed by atoms with Gasteiger partial charge in [-0.3, -0.25) is 9.59 Å². The van der Waals surface area contributed by atoms with E-state index in [1.54, 1.807) is 0 Å². The third-order valence-electron chi connectivity index (χ3n) is 5.91. The predicted octanol–water partition coefficient (Wildman–Crippen LogP) is 3.69. The van der Waals surface area contributed by atoms with Crippen LogP contribution in [0.2, 0.25) is 0 Å². The maximum Gasteiger partial charge on any atom is 0.180 e. The number of aryl methyl sites for hydroxylation is 1. The minimum Gasteiger partial charge on any atom is -0.321 e. The number of carbonyl (C=O) groups excluding carboxylic acids is 2. The van der Waals surface area contributed by atoms with Crippen molar-refractivity contribution < 1.29 is 9.59 Å². The van der Waals surface area contributed by atoms with Crippen LogP contribution < -0.4 is 0 Å². The van der Waals surface area contributed by atoms with Crippen molar-refractivity contribution in [3.63, 3.8) is 0 Å². The van der Waals surface area contributed by atoms with Gasteiger partial charge in [0, 0.05) is 18.5 Å². The molecule has 0 bridgehead atoms. The quantitative estimate of drug-likeness (QED) is 0.325. The summed E-state index contributed by atoms with van der Waals surface area (Å²) in [5.74, 6) is 1.40. The molecule has 0 unspecified atom stereocenters. The lowest BCUT2D eigenvalue weighted by Gasteiger charge is -2.12. The number of imidazole rings is 1. The molecular weight excluding hydrogens is 444 g/mol. The fourth-order valence-corrected chi connectivity index (χ4v) is 4.18. The van der Waals surface area contributed by atoms with E-state index in [0.717, 1.165) is 47.3 Å². The van der Waals surface area contributed by atoms with Gasteiger partial charge in [0.2, 0.25) is 0 Å². The van der Waals surface area contributed by atoms with Gasteiger partial charge < -0.3 is 4.57 Å². The average Bonchev–Trinajstić information content (AvgIpc) is 3.56. The Morgan fingerprint density at radius 1 is 0.914 bits per heavy atom. The number of unbranched alkanes of at least 4 members (excludes halogenated alkanes) is 1. The lowest BCUT2D eigenvalue weighted by Crippen LogP contribution is -2.08. The van der Waals surface area contributed by atoms with Gasteiger partial charge in [0.25, 0.3) is 0 Å². The van der Waals surface area contributed by atoms with E-state index < -0.39 is 0 Å². The van der Waals surface area contributed by atoms with Gasteiger partial charge >= 0.3 is 0 Å². The van der Waals surface area contributed by atoms with Gasteiger partial charge in [0.1, 0.15) is 16.9 Å². The van der Waals surface area contributed by atoms with Crippen molar-refractivity contribution in [2.75, 3.05) is 0 Å². The molecule has 5 rings (SSSR count). The number of nitrogens with zero attached hydrogens (tertiary/aromatic N) is 7. The molecule has 0 radical (unpaired) electrons. The maximum atomic E-state index is 11.7. The van der Waals surface area contributed by atoms with Crippen molar-refractivity contribution in [1.29, 1.82) is 0 Å². The van der Waals surface area contributed by atoms with E-state index in [1.165, 1.54) is 0 Å². The highest BCUT2D eigenvalue weighted by Gasteiger charge is 2.19. The molecule has 0 atom stereocenters. The number of carbonyl (C=O) groups is 2. The zero-order chi connectivity index (χ0) is 24.2. The van der Waals surface area contributed by atoms with E-state index in [0.29, 0.717) is 36.0 Å². The molecule has 0 aliphatic rings. The largest absolute Gasteiger partial charge is 0.321 e. The number of nitrogens with one attached hydrogen (secondary N) is 1. The van der Waals surface area contributed by atoms with Crippen molar-refractivity contribution in [3.05, 3.63) is 71.3 Å². The Balaban J connectivity index is 1.54. The number of aldehydes is 2. The molecule has 174 valence electrons. The van der Waals surface area contributed by atoms with Crippen molar-refractivity contribution >= 4 is 23.6 Å². The fourth-order valence-electron chi connectivity index (χ4n) is 4.18. The highest BCUT2D eigenvalue weighted by atomic mass is 16.1. The Bertz CT molecular complexity index is 1490. The normalized spacial score (nSPS) is 11.1. The average molecular weight is 467 g/mol. The number of rotatable bonds is 9. The highest BCUT2D eigenvalue weighted by molar-refractivity contribution is 5.99. The van der Waals surface area contributed by atoms with Gasteiger partial charge in [-0.2, -0.15) is 0 Å². The number of aromatic nitrogens is 8. The Morgan fingerprint density at radius 3 is 2.34 bits per heavy atom. The lowest BCUT2D eigenvalue weighted by molar-refractivity contribution is 0.110. The van der Waals surface area contributed by atoms with Crippen LogP contribution in [0.1, 0.15) is 52.1 Å². The molecule has 0 saturated heterocycles. The van der Waals surface area contributed by atoms with Gasteiger partial charge in [-0.05, 0) is 33.5 Å². The SMILES string of the molecule is CCCCc1nc2c(C=O)nnc(C=O)c2n1Cc1ccc(-c2ccccc2-c2nnn[nH]2)cc1.